The lowest BCUT2D eigenvalue weighted by Crippen LogP contribution is -2.49. The van der Waals surface area contributed by atoms with Gasteiger partial charge in [0.15, 0.2) is 11.8 Å². The molecule has 0 unspecified atom stereocenters. The number of anilines is 1. The molecule has 3 amide bonds. The lowest BCUT2D eigenvalue weighted by molar-refractivity contribution is -0.127. The molecule has 1 aromatic carbocycles. The Hall–Kier alpha value is -3.81. The maximum atomic E-state index is 13.6. The van der Waals surface area contributed by atoms with E-state index in [1.54, 1.807) is 24.3 Å². The van der Waals surface area contributed by atoms with Crippen LogP contribution in [0.5, 0.6) is 0 Å². The highest BCUT2D eigenvalue weighted by molar-refractivity contribution is 6.04. The Morgan fingerprint density at radius 3 is 2.37 bits per heavy atom. The summed E-state index contributed by atoms with van der Waals surface area (Å²) in [7, 11) is 0. The third kappa shape index (κ3) is 5.82. The molecule has 184 valence electrons. The minimum atomic E-state index is -1.03. The highest BCUT2D eigenvalue weighted by Crippen LogP contribution is 2.30. The Balaban J connectivity index is 1.65. The van der Waals surface area contributed by atoms with Crippen molar-refractivity contribution in [1.82, 2.24) is 10.6 Å². The molecule has 0 radical (unpaired) electrons. The zero-order valence-corrected chi connectivity index (χ0v) is 20.1. The van der Waals surface area contributed by atoms with Crippen molar-refractivity contribution in [3.05, 3.63) is 77.6 Å². The second-order valence-corrected chi connectivity index (χ2v) is 8.95. The van der Waals surface area contributed by atoms with Gasteiger partial charge in [-0.05, 0) is 74.2 Å². The highest BCUT2D eigenvalue weighted by atomic mass is 16.3. The van der Waals surface area contributed by atoms with Crippen LogP contribution in [-0.2, 0) is 9.59 Å². The number of nitrogens with zero attached hydrogens (tertiary/aromatic N) is 1. The summed E-state index contributed by atoms with van der Waals surface area (Å²) in [5.74, 6) is -0.816. The fourth-order valence-corrected chi connectivity index (χ4v) is 4.40. The van der Waals surface area contributed by atoms with Crippen LogP contribution in [-0.4, -0.2) is 30.3 Å². The molecule has 8 nitrogen and oxygen atoms in total. The quantitative estimate of drug-likeness (QED) is 0.499. The minimum Gasteiger partial charge on any atom is -0.467 e. The molecule has 35 heavy (non-hydrogen) atoms. The monoisotopic (exact) mass is 477 g/mol. The zero-order valence-electron chi connectivity index (χ0n) is 20.1. The normalized spacial score (nSPS) is 14.8. The summed E-state index contributed by atoms with van der Waals surface area (Å²) in [5.41, 5.74) is 2.59. The van der Waals surface area contributed by atoms with Gasteiger partial charge in [-0.2, -0.15) is 0 Å². The summed E-state index contributed by atoms with van der Waals surface area (Å²) in [6.45, 7) is 3.61. The molecule has 8 heteroatoms. The molecule has 2 aromatic heterocycles. The summed E-state index contributed by atoms with van der Waals surface area (Å²) >= 11 is 0. The van der Waals surface area contributed by atoms with Crippen LogP contribution in [0.15, 0.2) is 63.8 Å². The molecule has 1 aliphatic rings. The topological polar surface area (TPSA) is 105 Å². The minimum absolute atomic E-state index is 0.0593. The van der Waals surface area contributed by atoms with E-state index in [4.69, 9.17) is 8.83 Å². The predicted octanol–water partition coefficient (Wildman–Crippen LogP) is 4.44. The first-order chi connectivity index (χ1) is 16.9. The van der Waals surface area contributed by atoms with E-state index in [1.807, 2.05) is 26.0 Å². The SMILES string of the molecule is Cc1ccc(N(C(=O)CNC(=O)c2ccco2)[C@@H](C(=O)NC2CCCCC2)c2ccco2)cc1C. The number of hydrogen-bond donors (Lipinski definition) is 2. The van der Waals surface area contributed by atoms with Gasteiger partial charge >= 0.3 is 0 Å². The Labute approximate surface area is 204 Å². The number of amides is 3. The third-order valence-electron chi connectivity index (χ3n) is 6.45. The van der Waals surface area contributed by atoms with Gasteiger partial charge in [-0.3, -0.25) is 19.3 Å². The van der Waals surface area contributed by atoms with Gasteiger partial charge in [-0.15, -0.1) is 0 Å². The number of carbonyl (C=O) groups excluding carboxylic acids is 3. The summed E-state index contributed by atoms with van der Waals surface area (Å²) in [6, 6.07) is 11.1. The maximum Gasteiger partial charge on any atom is 0.287 e. The summed E-state index contributed by atoms with van der Waals surface area (Å²) in [4.78, 5) is 41.0. The number of furan rings is 2. The van der Waals surface area contributed by atoms with Gasteiger partial charge in [0, 0.05) is 11.7 Å². The van der Waals surface area contributed by atoms with Crippen molar-refractivity contribution in [1.29, 1.82) is 0 Å². The van der Waals surface area contributed by atoms with Gasteiger partial charge in [0.25, 0.3) is 11.8 Å². The lowest BCUT2D eigenvalue weighted by Gasteiger charge is -2.32. The first-order valence-electron chi connectivity index (χ1n) is 12.0. The summed E-state index contributed by atoms with van der Waals surface area (Å²) in [5, 5.41) is 5.73. The molecule has 3 aromatic rings. The van der Waals surface area contributed by atoms with Gasteiger partial charge in [0.2, 0.25) is 5.91 Å². The Bertz CT molecular complexity index is 1150. The van der Waals surface area contributed by atoms with Crippen molar-refractivity contribution in [3.63, 3.8) is 0 Å². The van der Waals surface area contributed by atoms with Crippen LogP contribution in [0, 0.1) is 13.8 Å². The van der Waals surface area contributed by atoms with Gasteiger partial charge in [0.05, 0.1) is 19.1 Å². The van der Waals surface area contributed by atoms with Crippen molar-refractivity contribution < 1.29 is 23.2 Å². The number of aryl methyl sites for hydroxylation is 2. The van der Waals surface area contributed by atoms with Crippen molar-refractivity contribution in [2.24, 2.45) is 0 Å². The van der Waals surface area contributed by atoms with Crippen LogP contribution >= 0.6 is 0 Å². The molecule has 1 atom stereocenters. The molecule has 1 saturated carbocycles. The van der Waals surface area contributed by atoms with E-state index < -0.39 is 17.9 Å². The molecule has 0 saturated heterocycles. The molecule has 1 fully saturated rings. The third-order valence-corrected chi connectivity index (χ3v) is 6.45. The van der Waals surface area contributed by atoms with Crippen LogP contribution in [0.4, 0.5) is 5.69 Å². The summed E-state index contributed by atoms with van der Waals surface area (Å²) < 4.78 is 10.8. The standard InChI is InChI=1S/C27H31N3O5/c1-18-12-13-21(16-19(18)2)30(24(31)17-28-26(32)23-11-7-15-35-23)25(22-10-6-14-34-22)27(33)29-20-8-4-3-5-9-20/h6-7,10-16,20,25H,3-5,8-9,17H2,1-2H3,(H,28,32)(H,29,33)/t25-/m1/s1. The van der Waals surface area contributed by atoms with Crippen LogP contribution in [0.1, 0.15) is 65.6 Å². The molecule has 1 aliphatic carbocycles. The largest absolute Gasteiger partial charge is 0.467 e. The van der Waals surface area contributed by atoms with Crippen LogP contribution in [0.25, 0.3) is 0 Å². The average Bonchev–Trinajstić information content (AvgIpc) is 3.58. The van der Waals surface area contributed by atoms with Crippen molar-refractivity contribution in [2.45, 2.75) is 58.0 Å². The van der Waals surface area contributed by atoms with Crippen LogP contribution in [0.2, 0.25) is 0 Å². The van der Waals surface area contributed by atoms with Gasteiger partial charge in [-0.25, -0.2) is 0 Å². The van der Waals surface area contributed by atoms with E-state index >= 15 is 0 Å². The number of hydrogen-bond acceptors (Lipinski definition) is 5. The Morgan fingerprint density at radius 2 is 1.71 bits per heavy atom. The van der Waals surface area contributed by atoms with Crippen molar-refractivity contribution >= 4 is 23.4 Å². The molecule has 0 spiro atoms. The molecule has 2 N–H and O–H groups in total. The number of nitrogens with one attached hydrogen (secondary N) is 2. The van der Waals surface area contributed by atoms with E-state index in [2.05, 4.69) is 10.6 Å². The van der Waals surface area contributed by atoms with E-state index in [0.717, 1.165) is 43.2 Å². The maximum absolute atomic E-state index is 13.6. The van der Waals surface area contributed by atoms with Crippen LogP contribution in [0.3, 0.4) is 0 Å². The first kappa shape index (κ1) is 24.3. The van der Waals surface area contributed by atoms with Crippen molar-refractivity contribution in [3.8, 4) is 0 Å². The smallest absolute Gasteiger partial charge is 0.287 e. The fourth-order valence-electron chi connectivity index (χ4n) is 4.40. The number of rotatable bonds is 8. The zero-order chi connectivity index (χ0) is 24.8. The number of carbonyl (C=O) groups is 3. The van der Waals surface area contributed by atoms with Crippen LogP contribution < -0.4 is 15.5 Å². The van der Waals surface area contributed by atoms with E-state index in [0.29, 0.717) is 11.4 Å². The Kier molecular flexibility index (Phi) is 7.70. The molecule has 2 heterocycles. The molecular weight excluding hydrogens is 446 g/mol. The second-order valence-electron chi connectivity index (χ2n) is 8.95. The molecule has 4 rings (SSSR count). The van der Waals surface area contributed by atoms with Gasteiger partial charge in [0.1, 0.15) is 5.76 Å². The molecular formula is C27H31N3O5. The molecule has 0 aliphatic heterocycles. The number of benzene rings is 1. The molecule has 0 bridgehead atoms. The fraction of sp³-hybridized carbons (Fsp3) is 0.370. The van der Waals surface area contributed by atoms with Gasteiger partial charge < -0.3 is 19.5 Å². The van der Waals surface area contributed by atoms with E-state index in [1.165, 1.54) is 23.5 Å². The average molecular weight is 478 g/mol. The van der Waals surface area contributed by atoms with Gasteiger partial charge in [-0.1, -0.05) is 25.3 Å². The lowest BCUT2D eigenvalue weighted by atomic mass is 9.95. The highest BCUT2D eigenvalue weighted by Gasteiger charge is 2.36. The van der Waals surface area contributed by atoms with Crippen molar-refractivity contribution in [2.75, 3.05) is 11.4 Å². The summed E-state index contributed by atoms with van der Waals surface area (Å²) in [6.07, 6.45) is 7.99. The van der Waals surface area contributed by atoms with E-state index in [9.17, 15) is 14.4 Å². The second kappa shape index (κ2) is 11.1. The predicted molar refractivity (Wildman–Crippen MR) is 131 cm³/mol. The Morgan fingerprint density at radius 1 is 0.971 bits per heavy atom. The first-order valence-corrected chi connectivity index (χ1v) is 12.0. The van der Waals surface area contributed by atoms with E-state index in [-0.39, 0.29) is 24.3 Å².